The molecule has 0 atom stereocenters. The van der Waals surface area contributed by atoms with Crippen molar-refractivity contribution in [1.29, 1.82) is 0 Å². The second-order valence-electron chi connectivity index (χ2n) is 4.57. The molecule has 0 saturated carbocycles. The molecule has 0 aliphatic heterocycles. The minimum atomic E-state index is -3.53. The molecular formula is C13H15BrN2O2S2. The van der Waals surface area contributed by atoms with Gasteiger partial charge in [-0.15, -0.1) is 11.3 Å². The molecule has 2 aromatic rings. The van der Waals surface area contributed by atoms with Crippen LogP contribution >= 0.6 is 27.3 Å². The molecule has 0 radical (unpaired) electrons. The summed E-state index contributed by atoms with van der Waals surface area (Å²) in [6, 6.07) is 6.78. The molecule has 108 valence electrons. The van der Waals surface area contributed by atoms with Crippen molar-refractivity contribution in [1.82, 2.24) is 4.31 Å². The van der Waals surface area contributed by atoms with Crippen molar-refractivity contribution in [3.05, 3.63) is 44.6 Å². The van der Waals surface area contributed by atoms with Gasteiger partial charge in [-0.25, -0.2) is 8.42 Å². The van der Waals surface area contributed by atoms with E-state index in [2.05, 4.69) is 15.9 Å². The fourth-order valence-corrected chi connectivity index (χ4v) is 4.72. The number of nitrogen functional groups attached to an aromatic ring is 1. The van der Waals surface area contributed by atoms with E-state index in [1.165, 1.54) is 21.7 Å². The highest BCUT2D eigenvalue weighted by Crippen LogP contribution is 2.24. The Labute approximate surface area is 131 Å². The van der Waals surface area contributed by atoms with Gasteiger partial charge in [-0.1, -0.05) is 0 Å². The number of aryl methyl sites for hydroxylation is 1. The van der Waals surface area contributed by atoms with Gasteiger partial charge in [-0.3, -0.25) is 0 Å². The van der Waals surface area contributed by atoms with Crippen molar-refractivity contribution < 1.29 is 8.42 Å². The number of hydrogen-bond acceptors (Lipinski definition) is 4. The van der Waals surface area contributed by atoms with E-state index in [0.717, 1.165) is 14.9 Å². The number of nitrogens with two attached hydrogens (primary N) is 1. The average molecular weight is 375 g/mol. The molecule has 2 N–H and O–H groups in total. The molecule has 1 heterocycles. The van der Waals surface area contributed by atoms with Crippen LogP contribution in [0.2, 0.25) is 0 Å². The van der Waals surface area contributed by atoms with Crippen molar-refractivity contribution in [3.63, 3.8) is 0 Å². The highest BCUT2D eigenvalue weighted by molar-refractivity contribution is 9.10. The molecule has 0 saturated heterocycles. The zero-order chi connectivity index (χ0) is 14.9. The number of hydrogen-bond donors (Lipinski definition) is 1. The number of nitrogens with zero attached hydrogens (tertiary/aromatic N) is 1. The van der Waals surface area contributed by atoms with Crippen LogP contribution in [0.4, 0.5) is 5.69 Å². The van der Waals surface area contributed by atoms with Gasteiger partial charge in [0.1, 0.15) is 0 Å². The largest absolute Gasteiger partial charge is 0.399 e. The second kappa shape index (κ2) is 5.85. The Bertz CT molecular complexity index is 705. The Morgan fingerprint density at radius 3 is 2.55 bits per heavy atom. The van der Waals surface area contributed by atoms with Crippen LogP contribution in [0, 0.1) is 6.92 Å². The van der Waals surface area contributed by atoms with Gasteiger partial charge in [0.15, 0.2) is 0 Å². The molecule has 0 spiro atoms. The standard InChI is InChI=1S/C13H15BrN2O2S2/c1-9-3-11(15)6-13(4-9)20(17,18)16(2)7-12-5-10(14)8-19-12/h3-6,8H,7,15H2,1-2H3. The lowest BCUT2D eigenvalue weighted by Crippen LogP contribution is -2.26. The van der Waals surface area contributed by atoms with Gasteiger partial charge < -0.3 is 5.73 Å². The first kappa shape index (κ1) is 15.5. The van der Waals surface area contributed by atoms with E-state index in [9.17, 15) is 8.42 Å². The van der Waals surface area contributed by atoms with E-state index in [4.69, 9.17) is 5.73 Å². The number of anilines is 1. The van der Waals surface area contributed by atoms with Gasteiger partial charge in [0.25, 0.3) is 0 Å². The van der Waals surface area contributed by atoms with Gasteiger partial charge in [-0.05, 0) is 52.7 Å². The van der Waals surface area contributed by atoms with Crippen molar-refractivity contribution in [2.24, 2.45) is 0 Å². The van der Waals surface area contributed by atoms with Crippen molar-refractivity contribution in [2.75, 3.05) is 12.8 Å². The lowest BCUT2D eigenvalue weighted by atomic mass is 10.2. The highest BCUT2D eigenvalue weighted by Gasteiger charge is 2.22. The number of benzene rings is 1. The molecule has 2 rings (SSSR count). The monoisotopic (exact) mass is 374 g/mol. The molecule has 0 fully saturated rings. The van der Waals surface area contributed by atoms with E-state index in [1.807, 2.05) is 18.4 Å². The lowest BCUT2D eigenvalue weighted by molar-refractivity contribution is 0.469. The summed E-state index contributed by atoms with van der Waals surface area (Å²) in [5, 5.41) is 1.93. The third kappa shape index (κ3) is 3.41. The molecule has 0 unspecified atom stereocenters. The van der Waals surface area contributed by atoms with E-state index in [0.29, 0.717) is 12.2 Å². The first-order valence-corrected chi connectivity index (χ1v) is 8.97. The molecule has 1 aromatic heterocycles. The van der Waals surface area contributed by atoms with Crippen LogP contribution < -0.4 is 5.73 Å². The number of rotatable bonds is 4. The molecule has 0 bridgehead atoms. The van der Waals surface area contributed by atoms with Crippen LogP contribution in [0.15, 0.2) is 39.0 Å². The van der Waals surface area contributed by atoms with Crippen molar-refractivity contribution in [3.8, 4) is 0 Å². The zero-order valence-electron chi connectivity index (χ0n) is 11.1. The fraction of sp³-hybridized carbons (Fsp3) is 0.231. The quantitative estimate of drug-likeness (QED) is 0.835. The number of halogens is 1. The summed E-state index contributed by atoms with van der Waals surface area (Å²) >= 11 is 4.88. The summed E-state index contributed by atoms with van der Waals surface area (Å²) in [6.45, 7) is 2.16. The van der Waals surface area contributed by atoms with Crippen LogP contribution in [-0.4, -0.2) is 19.8 Å². The van der Waals surface area contributed by atoms with Crippen LogP contribution in [0.3, 0.4) is 0 Å². The van der Waals surface area contributed by atoms with Crippen LogP contribution in [-0.2, 0) is 16.6 Å². The number of sulfonamides is 1. The third-order valence-electron chi connectivity index (χ3n) is 2.78. The van der Waals surface area contributed by atoms with Gasteiger partial charge in [0, 0.05) is 34.0 Å². The molecule has 0 aliphatic carbocycles. The van der Waals surface area contributed by atoms with E-state index >= 15 is 0 Å². The fourth-order valence-electron chi connectivity index (χ4n) is 1.85. The minimum Gasteiger partial charge on any atom is -0.399 e. The maximum atomic E-state index is 12.5. The highest BCUT2D eigenvalue weighted by atomic mass is 79.9. The maximum Gasteiger partial charge on any atom is 0.243 e. The lowest BCUT2D eigenvalue weighted by Gasteiger charge is -2.17. The van der Waals surface area contributed by atoms with Crippen molar-refractivity contribution >= 4 is 43.0 Å². The second-order valence-corrected chi connectivity index (χ2v) is 8.53. The Kier molecular flexibility index (Phi) is 4.53. The first-order valence-electron chi connectivity index (χ1n) is 5.85. The Morgan fingerprint density at radius 2 is 2.00 bits per heavy atom. The van der Waals surface area contributed by atoms with Crippen molar-refractivity contribution in [2.45, 2.75) is 18.4 Å². The molecule has 0 amide bonds. The summed E-state index contributed by atoms with van der Waals surface area (Å²) in [4.78, 5) is 1.21. The molecule has 4 nitrogen and oxygen atoms in total. The summed E-state index contributed by atoms with van der Waals surface area (Å²) in [6.07, 6.45) is 0. The minimum absolute atomic E-state index is 0.230. The van der Waals surface area contributed by atoms with Gasteiger partial charge in [-0.2, -0.15) is 4.31 Å². The molecule has 7 heteroatoms. The summed E-state index contributed by atoms with van der Waals surface area (Å²) in [5.41, 5.74) is 7.01. The molecule has 0 aliphatic rings. The SMILES string of the molecule is Cc1cc(N)cc(S(=O)(=O)N(C)Cc2cc(Br)cs2)c1. The average Bonchev–Trinajstić information content (AvgIpc) is 2.73. The van der Waals surface area contributed by atoms with Crippen LogP contribution in [0.5, 0.6) is 0 Å². The van der Waals surface area contributed by atoms with Crippen LogP contribution in [0.25, 0.3) is 0 Å². The number of thiophene rings is 1. The van der Waals surface area contributed by atoms with E-state index < -0.39 is 10.0 Å². The topological polar surface area (TPSA) is 63.4 Å². The molecule has 20 heavy (non-hydrogen) atoms. The summed E-state index contributed by atoms with van der Waals surface area (Å²) in [7, 11) is -1.96. The van der Waals surface area contributed by atoms with E-state index in [1.54, 1.807) is 19.2 Å². The molecular weight excluding hydrogens is 360 g/mol. The van der Waals surface area contributed by atoms with E-state index in [-0.39, 0.29) is 4.90 Å². The summed E-state index contributed by atoms with van der Waals surface area (Å²) < 4.78 is 27.3. The van der Waals surface area contributed by atoms with Gasteiger partial charge >= 0.3 is 0 Å². The van der Waals surface area contributed by atoms with Gasteiger partial charge in [0.05, 0.1) is 4.90 Å². The predicted octanol–water partition coefficient (Wildman–Crippen LogP) is 3.22. The molecule has 1 aromatic carbocycles. The first-order chi connectivity index (χ1) is 9.29. The van der Waals surface area contributed by atoms with Crippen LogP contribution in [0.1, 0.15) is 10.4 Å². The Morgan fingerprint density at radius 1 is 1.30 bits per heavy atom. The maximum absolute atomic E-state index is 12.5. The summed E-state index contributed by atoms with van der Waals surface area (Å²) in [5.74, 6) is 0. The Balaban J connectivity index is 2.29. The predicted molar refractivity (Wildman–Crippen MR) is 86.3 cm³/mol. The van der Waals surface area contributed by atoms with Gasteiger partial charge in [0.2, 0.25) is 10.0 Å². The Hall–Kier alpha value is -0.890. The third-order valence-corrected chi connectivity index (χ3v) is 6.25. The smallest absolute Gasteiger partial charge is 0.243 e. The zero-order valence-corrected chi connectivity index (χ0v) is 14.3. The normalized spacial score (nSPS) is 12.0.